The summed E-state index contributed by atoms with van der Waals surface area (Å²) >= 11 is 0. The van der Waals surface area contributed by atoms with Crippen molar-refractivity contribution in [2.75, 3.05) is 13.2 Å². The number of nitrogens with one attached hydrogen (secondary N) is 2. The van der Waals surface area contributed by atoms with E-state index < -0.39 is 12.1 Å². The number of aryl methyl sites for hydroxylation is 1. The van der Waals surface area contributed by atoms with Crippen LogP contribution < -0.4 is 15.4 Å². The lowest BCUT2D eigenvalue weighted by Crippen LogP contribution is -2.48. The van der Waals surface area contributed by atoms with E-state index in [0.29, 0.717) is 26.1 Å². The molecule has 3 N–H and O–H groups in total. The van der Waals surface area contributed by atoms with E-state index in [1.807, 2.05) is 24.3 Å². The molecular formula is C25H36N2O3. The molecule has 0 aromatic heterocycles. The first kappa shape index (κ1) is 23.9. The van der Waals surface area contributed by atoms with Crippen molar-refractivity contribution >= 4 is 5.91 Å². The van der Waals surface area contributed by atoms with E-state index in [2.05, 4.69) is 48.7 Å². The maximum Gasteiger partial charge on any atom is 0.217 e. The zero-order chi connectivity index (χ0) is 21.8. The highest BCUT2D eigenvalue weighted by atomic mass is 16.5. The second kappa shape index (κ2) is 13.0. The molecule has 2 atom stereocenters. The van der Waals surface area contributed by atoms with Gasteiger partial charge in [-0.05, 0) is 42.0 Å². The number of hydrogen-bond donors (Lipinski definition) is 3. The molecule has 0 saturated heterocycles. The van der Waals surface area contributed by atoms with Crippen LogP contribution in [0.1, 0.15) is 50.3 Å². The number of aliphatic hydroxyl groups is 1. The zero-order valence-corrected chi connectivity index (χ0v) is 18.5. The third kappa shape index (κ3) is 8.17. The molecule has 0 bridgehead atoms. The van der Waals surface area contributed by atoms with E-state index in [4.69, 9.17) is 4.74 Å². The lowest BCUT2D eigenvalue weighted by molar-refractivity contribution is -0.120. The SMILES string of the molecule is CCCCOc1ccccc1C[C@H](NC(C)=O)[C@@H](O)CNCc1cccc(CC)c1. The van der Waals surface area contributed by atoms with E-state index >= 15 is 0 Å². The number of hydrogen-bond acceptors (Lipinski definition) is 4. The third-order valence-electron chi connectivity index (χ3n) is 5.10. The highest BCUT2D eigenvalue weighted by Gasteiger charge is 2.22. The van der Waals surface area contributed by atoms with Gasteiger partial charge in [-0.1, -0.05) is 62.7 Å². The highest BCUT2D eigenvalue weighted by molar-refractivity contribution is 5.73. The van der Waals surface area contributed by atoms with Crippen LogP contribution in [0.25, 0.3) is 0 Å². The van der Waals surface area contributed by atoms with Gasteiger partial charge in [0.1, 0.15) is 5.75 Å². The zero-order valence-electron chi connectivity index (χ0n) is 18.5. The van der Waals surface area contributed by atoms with Crippen molar-refractivity contribution in [3.8, 4) is 5.75 Å². The first-order valence-corrected chi connectivity index (χ1v) is 11.0. The molecule has 0 heterocycles. The van der Waals surface area contributed by atoms with Crippen LogP contribution in [0.5, 0.6) is 5.75 Å². The van der Waals surface area contributed by atoms with Crippen LogP contribution in [0, 0.1) is 0 Å². The highest BCUT2D eigenvalue weighted by Crippen LogP contribution is 2.21. The fourth-order valence-electron chi connectivity index (χ4n) is 3.39. The summed E-state index contributed by atoms with van der Waals surface area (Å²) in [6.45, 7) is 7.48. The van der Waals surface area contributed by atoms with Crippen LogP contribution in [0.3, 0.4) is 0 Å². The number of aliphatic hydroxyl groups excluding tert-OH is 1. The van der Waals surface area contributed by atoms with Crippen LogP contribution in [0.4, 0.5) is 0 Å². The fraction of sp³-hybridized carbons (Fsp3) is 0.480. The molecular weight excluding hydrogens is 376 g/mol. The summed E-state index contributed by atoms with van der Waals surface area (Å²) in [5.74, 6) is 0.664. The predicted molar refractivity (Wildman–Crippen MR) is 122 cm³/mol. The Balaban J connectivity index is 1.98. The van der Waals surface area contributed by atoms with Crippen molar-refractivity contribution < 1.29 is 14.6 Å². The van der Waals surface area contributed by atoms with Crippen molar-refractivity contribution in [2.45, 2.75) is 65.1 Å². The average Bonchev–Trinajstić information content (AvgIpc) is 2.74. The van der Waals surface area contributed by atoms with Gasteiger partial charge in [-0.3, -0.25) is 4.79 Å². The maximum absolute atomic E-state index is 11.7. The Hall–Kier alpha value is -2.37. The second-order valence-corrected chi connectivity index (χ2v) is 7.69. The maximum atomic E-state index is 11.7. The number of carbonyl (C=O) groups is 1. The molecule has 1 amide bonds. The quantitative estimate of drug-likeness (QED) is 0.440. The van der Waals surface area contributed by atoms with Crippen LogP contribution in [-0.4, -0.2) is 36.3 Å². The second-order valence-electron chi connectivity index (χ2n) is 7.69. The number of carbonyl (C=O) groups excluding carboxylic acids is 1. The van der Waals surface area contributed by atoms with Gasteiger partial charge < -0.3 is 20.5 Å². The van der Waals surface area contributed by atoms with Gasteiger partial charge in [0, 0.05) is 20.0 Å². The summed E-state index contributed by atoms with van der Waals surface area (Å²) in [6.07, 6.45) is 2.86. The van der Waals surface area contributed by atoms with E-state index in [1.165, 1.54) is 18.1 Å². The van der Waals surface area contributed by atoms with Crippen molar-refractivity contribution in [1.29, 1.82) is 0 Å². The van der Waals surface area contributed by atoms with E-state index in [0.717, 1.165) is 30.6 Å². The number of amides is 1. The minimum absolute atomic E-state index is 0.154. The lowest BCUT2D eigenvalue weighted by Gasteiger charge is -2.25. The van der Waals surface area contributed by atoms with Gasteiger partial charge in [-0.25, -0.2) is 0 Å². The summed E-state index contributed by atoms with van der Waals surface area (Å²) in [5.41, 5.74) is 3.47. The van der Waals surface area contributed by atoms with E-state index in [9.17, 15) is 9.90 Å². The van der Waals surface area contributed by atoms with Crippen LogP contribution in [-0.2, 0) is 24.2 Å². The molecule has 0 spiro atoms. The number of unbranched alkanes of at least 4 members (excludes halogenated alkanes) is 1. The Morgan fingerprint density at radius 3 is 2.60 bits per heavy atom. The smallest absolute Gasteiger partial charge is 0.217 e. The minimum atomic E-state index is -0.716. The van der Waals surface area contributed by atoms with Gasteiger partial charge in [-0.15, -0.1) is 0 Å². The van der Waals surface area contributed by atoms with E-state index in [-0.39, 0.29) is 5.91 Å². The molecule has 5 heteroatoms. The summed E-state index contributed by atoms with van der Waals surface area (Å²) in [4.78, 5) is 11.7. The van der Waals surface area contributed by atoms with Gasteiger partial charge >= 0.3 is 0 Å². The molecule has 0 aliphatic rings. The largest absolute Gasteiger partial charge is 0.493 e. The first-order chi connectivity index (χ1) is 14.5. The van der Waals surface area contributed by atoms with Crippen molar-refractivity contribution in [3.05, 3.63) is 65.2 Å². The summed E-state index contributed by atoms with van der Waals surface area (Å²) in [7, 11) is 0. The standard InChI is InChI=1S/C25H36N2O3/c1-4-6-14-30-25-13-8-7-12-22(25)16-23(27-19(3)28)24(29)18-26-17-21-11-9-10-20(5-2)15-21/h7-13,15,23-24,26,29H,4-6,14,16-18H2,1-3H3,(H,27,28)/t23-,24-/m0/s1. The minimum Gasteiger partial charge on any atom is -0.493 e. The Labute approximate surface area is 180 Å². The average molecular weight is 413 g/mol. The number of para-hydroxylation sites is 1. The van der Waals surface area contributed by atoms with Gasteiger partial charge in [0.05, 0.1) is 18.8 Å². The Morgan fingerprint density at radius 2 is 1.87 bits per heavy atom. The Morgan fingerprint density at radius 1 is 1.10 bits per heavy atom. The van der Waals surface area contributed by atoms with E-state index in [1.54, 1.807) is 0 Å². The summed E-state index contributed by atoms with van der Waals surface area (Å²) in [6, 6.07) is 15.9. The third-order valence-corrected chi connectivity index (χ3v) is 5.10. The van der Waals surface area contributed by atoms with Crippen molar-refractivity contribution in [2.24, 2.45) is 0 Å². The van der Waals surface area contributed by atoms with Crippen LogP contribution >= 0.6 is 0 Å². The summed E-state index contributed by atoms with van der Waals surface area (Å²) in [5, 5.41) is 17.0. The molecule has 2 rings (SSSR count). The molecule has 0 fully saturated rings. The molecule has 2 aromatic carbocycles. The van der Waals surface area contributed by atoms with Gasteiger partial charge in [0.2, 0.25) is 5.91 Å². The van der Waals surface area contributed by atoms with Crippen molar-refractivity contribution in [3.63, 3.8) is 0 Å². The van der Waals surface area contributed by atoms with Crippen molar-refractivity contribution in [1.82, 2.24) is 10.6 Å². The normalized spacial score (nSPS) is 12.9. The molecule has 30 heavy (non-hydrogen) atoms. The lowest BCUT2D eigenvalue weighted by atomic mass is 10.00. The molecule has 0 radical (unpaired) electrons. The molecule has 0 aliphatic heterocycles. The molecule has 164 valence electrons. The number of rotatable bonds is 13. The van der Waals surface area contributed by atoms with Gasteiger partial charge in [-0.2, -0.15) is 0 Å². The van der Waals surface area contributed by atoms with Crippen LogP contribution in [0.2, 0.25) is 0 Å². The molecule has 0 aliphatic carbocycles. The fourth-order valence-corrected chi connectivity index (χ4v) is 3.39. The predicted octanol–water partition coefficient (Wildman–Crippen LogP) is 3.63. The monoisotopic (exact) mass is 412 g/mol. The topological polar surface area (TPSA) is 70.6 Å². The molecule has 5 nitrogen and oxygen atoms in total. The molecule has 0 unspecified atom stereocenters. The first-order valence-electron chi connectivity index (χ1n) is 11.0. The number of ether oxygens (including phenoxy) is 1. The Bertz CT molecular complexity index is 778. The number of benzene rings is 2. The summed E-state index contributed by atoms with van der Waals surface area (Å²) < 4.78 is 5.91. The van der Waals surface area contributed by atoms with Gasteiger partial charge in [0.25, 0.3) is 0 Å². The van der Waals surface area contributed by atoms with Gasteiger partial charge in [0.15, 0.2) is 0 Å². The molecule has 0 saturated carbocycles. The van der Waals surface area contributed by atoms with Crippen LogP contribution in [0.15, 0.2) is 48.5 Å². The Kier molecular flexibility index (Phi) is 10.4. The molecule has 2 aromatic rings.